The molecule has 0 spiro atoms. The van der Waals surface area contributed by atoms with E-state index < -0.39 is 30.9 Å². The van der Waals surface area contributed by atoms with Gasteiger partial charge in [0.15, 0.2) is 0 Å². The second kappa shape index (κ2) is 5.87. The molecule has 3 atom stereocenters. The van der Waals surface area contributed by atoms with Crippen molar-refractivity contribution in [3.63, 3.8) is 0 Å². The maximum atomic E-state index is 10.1. The van der Waals surface area contributed by atoms with Crippen molar-refractivity contribution in [2.45, 2.75) is 31.2 Å². The van der Waals surface area contributed by atoms with Crippen LogP contribution in [-0.2, 0) is 4.79 Å². The maximum Gasteiger partial charge on any atom is 0.303 e. The van der Waals surface area contributed by atoms with Crippen LogP contribution < -0.4 is 0 Å². The Bertz CT molecular complexity index is 159. The van der Waals surface area contributed by atoms with Crippen molar-refractivity contribution >= 4 is 5.97 Å². The topological polar surface area (TPSA) is 118 Å². The third-order valence-corrected chi connectivity index (χ3v) is 1.63. The normalized spacial score (nSPS) is 17.8. The molecule has 6 heteroatoms. The average molecular weight is 194 g/mol. The van der Waals surface area contributed by atoms with Crippen molar-refractivity contribution in [3.8, 4) is 0 Å². The Hall–Kier alpha value is -0.690. The smallest absolute Gasteiger partial charge is 0.303 e. The molecule has 0 rings (SSSR count). The van der Waals surface area contributed by atoms with Crippen molar-refractivity contribution in [1.82, 2.24) is 0 Å². The molecule has 0 saturated carbocycles. The number of hydrogen-bond acceptors (Lipinski definition) is 5. The van der Waals surface area contributed by atoms with Crippen molar-refractivity contribution in [1.29, 1.82) is 0 Å². The van der Waals surface area contributed by atoms with Crippen LogP contribution in [0.3, 0.4) is 0 Å². The molecule has 0 amide bonds. The summed E-state index contributed by atoms with van der Waals surface area (Å²) in [5.74, 6) is -1.09. The number of carboxylic acid groups (broad SMARTS) is 1. The quantitative estimate of drug-likeness (QED) is 0.331. The first-order chi connectivity index (χ1) is 5.99. The SMILES string of the molecule is O=C(O)CCC(O)C(O)C(O)CO. The lowest BCUT2D eigenvalue weighted by Gasteiger charge is -2.20. The van der Waals surface area contributed by atoms with Gasteiger partial charge in [-0.3, -0.25) is 4.79 Å². The summed E-state index contributed by atoms with van der Waals surface area (Å²) in [4.78, 5) is 10.1. The predicted octanol–water partition coefficient (Wildman–Crippen LogP) is -2.07. The Kier molecular flexibility index (Phi) is 5.56. The standard InChI is InChI=1S/C7H14O6/c8-3-5(10)7(13)4(9)1-2-6(11)12/h4-5,7-10,13H,1-3H2,(H,11,12). The lowest BCUT2D eigenvalue weighted by Crippen LogP contribution is -2.39. The van der Waals surface area contributed by atoms with Gasteiger partial charge in [0.25, 0.3) is 0 Å². The number of carboxylic acids is 1. The van der Waals surface area contributed by atoms with Crippen LogP contribution in [0.15, 0.2) is 0 Å². The number of aliphatic hydroxyl groups is 4. The fourth-order valence-corrected chi connectivity index (χ4v) is 0.807. The minimum absolute atomic E-state index is 0.159. The van der Waals surface area contributed by atoms with E-state index in [1.54, 1.807) is 0 Å². The Morgan fingerprint density at radius 3 is 2.08 bits per heavy atom. The van der Waals surface area contributed by atoms with Gasteiger partial charge in [-0.25, -0.2) is 0 Å². The first-order valence-electron chi connectivity index (χ1n) is 3.86. The zero-order valence-corrected chi connectivity index (χ0v) is 7.00. The van der Waals surface area contributed by atoms with Crippen molar-refractivity contribution in [3.05, 3.63) is 0 Å². The van der Waals surface area contributed by atoms with Gasteiger partial charge in [0.1, 0.15) is 12.2 Å². The molecule has 0 saturated heterocycles. The largest absolute Gasteiger partial charge is 0.481 e. The number of hydrogen-bond donors (Lipinski definition) is 5. The van der Waals surface area contributed by atoms with Crippen LogP contribution in [0.2, 0.25) is 0 Å². The maximum absolute atomic E-state index is 10.1. The van der Waals surface area contributed by atoms with Gasteiger partial charge in [0.05, 0.1) is 12.7 Å². The average Bonchev–Trinajstić information content (AvgIpc) is 2.11. The molecule has 0 aliphatic heterocycles. The Morgan fingerprint density at radius 2 is 1.69 bits per heavy atom. The van der Waals surface area contributed by atoms with Crippen molar-refractivity contribution < 1.29 is 30.3 Å². The lowest BCUT2D eigenvalue weighted by molar-refractivity contribution is -0.138. The van der Waals surface area contributed by atoms with Crippen LogP contribution >= 0.6 is 0 Å². The summed E-state index contributed by atoms with van der Waals surface area (Å²) in [7, 11) is 0. The Balaban J connectivity index is 3.81. The van der Waals surface area contributed by atoms with E-state index in [1.807, 2.05) is 0 Å². The van der Waals surface area contributed by atoms with Gasteiger partial charge in [0, 0.05) is 6.42 Å². The van der Waals surface area contributed by atoms with Crippen LogP contribution in [0, 0.1) is 0 Å². The molecule has 0 bridgehead atoms. The summed E-state index contributed by atoms with van der Waals surface area (Å²) >= 11 is 0. The molecule has 0 aromatic carbocycles. The molecule has 6 nitrogen and oxygen atoms in total. The minimum Gasteiger partial charge on any atom is -0.481 e. The zero-order valence-electron chi connectivity index (χ0n) is 7.00. The van der Waals surface area contributed by atoms with E-state index in [-0.39, 0.29) is 12.8 Å². The molecule has 0 aliphatic carbocycles. The van der Waals surface area contributed by atoms with Crippen molar-refractivity contribution in [2.24, 2.45) is 0 Å². The van der Waals surface area contributed by atoms with E-state index in [4.69, 9.17) is 25.5 Å². The molecule has 78 valence electrons. The zero-order chi connectivity index (χ0) is 10.4. The Morgan fingerprint density at radius 1 is 1.15 bits per heavy atom. The molecule has 3 unspecified atom stereocenters. The highest BCUT2D eigenvalue weighted by atomic mass is 16.4. The minimum atomic E-state index is -1.51. The molecule has 13 heavy (non-hydrogen) atoms. The van der Waals surface area contributed by atoms with Crippen LogP contribution in [0.4, 0.5) is 0 Å². The fourth-order valence-electron chi connectivity index (χ4n) is 0.807. The molecule has 0 aliphatic rings. The van der Waals surface area contributed by atoms with Crippen LogP contribution in [0.25, 0.3) is 0 Å². The number of rotatable bonds is 6. The molecular weight excluding hydrogens is 180 g/mol. The lowest BCUT2D eigenvalue weighted by atomic mass is 10.0. The molecule has 0 radical (unpaired) electrons. The Labute approximate surface area is 75.1 Å². The summed E-state index contributed by atoms with van der Waals surface area (Å²) in [6, 6.07) is 0. The van der Waals surface area contributed by atoms with Crippen LogP contribution in [-0.4, -0.2) is 56.4 Å². The third-order valence-electron chi connectivity index (χ3n) is 1.63. The van der Waals surface area contributed by atoms with Gasteiger partial charge in [-0.15, -0.1) is 0 Å². The fraction of sp³-hybridized carbons (Fsp3) is 0.857. The highest BCUT2D eigenvalue weighted by Gasteiger charge is 2.24. The summed E-state index contributed by atoms with van der Waals surface area (Å²) in [5.41, 5.74) is 0. The molecular formula is C7H14O6. The molecule has 0 aromatic rings. The summed E-state index contributed by atoms with van der Waals surface area (Å²) in [5, 5.41) is 43.6. The predicted molar refractivity (Wildman–Crippen MR) is 42.0 cm³/mol. The van der Waals surface area contributed by atoms with E-state index in [1.165, 1.54) is 0 Å². The molecule has 5 N–H and O–H groups in total. The van der Waals surface area contributed by atoms with E-state index in [2.05, 4.69) is 0 Å². The summed E-state index contributed by atoms with van der Waals surface area (Å²) in [6.45, 7) is -0.675. The van der Waals surface area contributed by atoms with Gasteiger partial charge >= 0.3 is 5.97 Å². The van der Waals surface area contributed by atoms with E-state index in [0.29, 0.717) is 0 Å². The third kappa shape index (κ3) is 4.79. The van der Waals surface area contributed by atoms with Gasteiger partial charge in [-0.2, -0.15) is 0 Å². The summed E-state index contributed by atoms with van der Waals surface area (Å²) in [6.07, 6.45) is -4.74. The highest BCUT2D eigenvalue weighted by Crippen LogP contribution is 2.06. The van der Waals surface area contributed by atoms with Crippen LogP contribution in [0.1, 0.15) is 12.8 Å². The summed E-state index contributed by atoms with van der Waals surface area (Å²) < 4.78 is 0. The van der Waals surface area contributed by atoms with E-state index >= 15 is 0 Å². The second-order valence-corrected chi connectivity index (χ2v) is 2.74. The van der Waals surface area contributed by atoms with Gasteiger partial charge in [0.2, 0.25) is 0 Å². The van der Waals surface area contributed by atoms with Gasteiger partial charge < -0.3 is 25.5 Å². The monoisotopic (exact) mass is 194 g/mol. The van der Waals surface area contributed by atoms with E-state index in [9.17, 15) is 4.79 Å². The number of aliphatic carboxylic acids is 1. The number of carbonyl (C=O) groups is 1. The van der Waals surface area contributed by atoms with Gasteiger partial charge in [-0.1, -0.05) is 0 Å². The first-order valence-corrected chi connectivity index (χ1v) is 3.86. The highest BCUT2D eigenvalue weighted by molar-refractivity contribution is 5.66. The molecule has 0 heterocycles. The number of aliphatic hydroxyl groups excluding tert-OH is 4. The second-order valence-electron chi connectivity index (χ2n) is 2.74. The molecule has 0 aromatic heterocycles. The van der Waals surface area contributed by atoms with Crippen LogP contribution in [0.5, 0.6) is 0 Å². The van der Waals surface area contributed by atoms with Crippen molar-refractivity contribution in [2.75, 3.05) is 6.61 Å². The molecule has 0 fully saturated rings. The van der Waals surface area contributed by atoms with E-state index in [0.717, 1.165) is 0 Å². The van der Waals surface area contributed by atoms with Gasteiger partial charge in [-0.05, 0) is 6.42 Å². The first kappa shape index (κ1) is 12.3.